The highest BCUT2D eigenvalue weighted by Crippen LogP contribution is 2.15. The van der Waals surface area contributed by atoms with Crippen LogP contribution in [0.4, 0.5) is 5.69 Å². The second-order valence-electron chi connectivity index (χ2n) is 6.82. The first-order chi connectivity index (χ1) is 15.1. The number of nitrogens with one attached hydrogen (secondary N) is 2. The van der Waals surface area contributed by atoms with E-state index in [1.54, 1.807) is 30.6 Å². The van der Waals surface area contributed by atoms with E-state index in [1.165, 1.54) is 6.33 Å². The van der Waals surface area contributed by atoms with Crippen LogP contribution in [-0.2, 0) is 20.1 Å². The molecule has 0 aliphatic heterocycles. The third-order valence-corrected chi connectivity index (χ3v) is 4.60. The van der Waals surface area contributed by atoms with E-state index < -0.39 is 0 Å². The highest BCUT2D eigenvalue weighted by atomic mass is 16.1. The normalized spacial score (nSPS) is 10.6. The number of carbonyl (C=O) groups is 1. The van der Waals surface area contributed by atoms with Crippen molar-refractivity contribution in [3.8, 4) is 11.5 Å². The average Bonchev–Trinajstić information content (AvgIpc) is 3.17. The summed E-state index contributed by atoms with van der Waals surface area (Å²) in [5.74, 6) is 1.77. The van der Waals surface area contributed by atoms with Crippen molar-refractivity contribution in [3.63, 3.8) is 0 Å². The van der Waals surface area contributed by atoms with Crippen molar-refractivity contribution >= 4 is 11.6 Å². The Morgan fingerprint density at radius 1 is 1.06 bits per heavy atom. The molecule has 0 bridgehead atoms. The maximum atomic E-state index is 12.5. The van der Waals surface area contributed by atoms with Gasteiger partial charge in [-0.1, -0.05) is 6.07 Å². The number of hydrogen-bond acceptors (Lipinski definition) is 8. The SMILES string of the molecule is Cc1ccnc(CNC(=O)c2cccc(NCc3nnc(-c4ccncn4)n3C)c2)n1. The van der Waals surface area contributed by atoms with Gasteiger partial charge >= 0.3 is 0 Å². The molecule has 0 aliphatic carbocycles. The topological polar surface area (TPSA) is 123 Å². The molecule has 0 atom stereocenters. The quantitative estimate of drug-likeness (QED) is 0.469. The third kappa shape index (κ3) is 4.86. The lowest BCUT2D eigenvalue weighted by molar-refractivity contribution is 0.0950. The Kier molecular flexibility index (Phi) is 5.88. The lowest BCUT2D eigenvalue weighted by Gasteiger charge is -2.09. The minimum absolute atomic E-state index is 0.196. The van der Waals surface area contributed by atoms with Gasteiger partial charge in [-0.15, -0.1) is 10.2 Å². The first-order valence-electron chi connectivity index (χ1n) is 9.65. The van der Waals surface area contributed by atoms with Crippen LogP contribution in [-0.4, -0.2) is 40.6 Å². The van der Waals surface area contributed by atoms with Crippen LogP contribution in [0.1, 0.15) is 27.7 Å². The Labute approximate surface area is 178 Å². The summed E-state index contributed by atoms with van der Waals surface area (Å²) in [6.45, 7) is 2.59. The molecule has 3 heterocycles. The monoisotopic (exact) mass is 415 g/mol. The number of benzene rings is 1. The minimum atomic E-state index is -0.196. The van der Waals surface area contributed by atoms with Gasteiger partial charge < -0.3 is 15.2 Å². The van der Waals surface area contributed by atoms with Gasteiger partial charge in [0.1, 0.15) is 17.8 Å². The summed E-state index contributed by atoms with van der Waals surface area (Å²) in [6.07, 6.45) is 4.82. The van der Waals surface area contributed by atoms with E-state index in [-0.39, 0.29) is 12.5 Å². The summed E-state index contributed by atoms with van der Waals surface area (Å²) in [6, 6.07) is 10.9. The van der Waals surface area contributed by atoms with Gasteiger partial charge in [-0.25, -0.2) is 19.9 Å². The maximum absolute atomic E-state index is 12.5. The van der Waals surface area contributed by atoms with Crippen molar-refractivity contribution in [2.24, 2.45) is 7.05 Å². The van der Waals surface area contributed by atoms with E-state index in [0.717, 1.165) is 17.2 Å². The number of rotatable bonds is 7. The number of aryl methyl sites for hydroxylation is 1. The van der Waals surface area contributed by atoms with E-state index in [1.807, 2.05) is 36.7 Å². The van der Waals surface area contributed by atoms with Gasteiger partial charge in [0, 0.05) is 36.4 Å². The zero-order chi connectivity index (χ0) is 21.6. The molecule has 10 nitrogen and oxygen atoms in total. The molecular formula is C21H21N9O. The molecule has 1 aromatic carbocycles. The van der Waals surface area contributed by atoms with Crippen LogP contribution < -0.4 is 10.6 Å². The lowest BCUT2D eigenvalue weighted by Crippen LogP contribution is -2.24. The molecule has 10 heteroatoms. The van der Waals surface area contributed by atoms with Gasteiger partial charge in [0.15, 0.2) is 11.6 Å². The first-order valence-corrected chi connectivity index (χ1v) is 9.65. The molecule has 1 amide bonds. The van der Waals surface area contributed by atoms with Crippen LogP contribution in [0.5, 0.6) is 0 Å². The van der Waals surface area contributed by atoms with Crippen LogP contribution in [0.3, 0.4) is 0 Å². The molecule has 3 aromatic heterocycles. The molecule has 0 saturated carbocycles. The van der Waals surface area contributed by atoms with Crippen molar-refractivity contribution in [2.45, 2.75) is 20.0 Å². The summed E-state index contributed by atoms with van der Waals surface area (Å²) in [7, 11) is 1.88. The number of hydrogen-bond donors (Lipinski definition) is 2. The van der Waals surface area contributed by atoms with Crippen molar-refractivity contribution in [1.82, 2.24) is 40.0 Å². The molecule has 0 aliphatic rings. The molecule has 0 unspecified atom stereocenters. The van der Waals surface area contributed by atoms with Crippen LogP contribution in [0.25, 0.3) is 11.5 Å². The highest BCUT2D eigenvalue weighted by Gasteiger charge is 2.12. The van der Waals surface area contributed by atoms with E-state index in [2.05, 4.69) is 40.8 Å². The maximum Gasteiger partial charge on any atom is 0.251 e. The van der Waals surface area contributed by atoms with Gasteiger partial charge in [0.2, 0.25) is 0 Å². The fourth-order valence-electron chi connectivity index (χ4n) is 2.96. The average molecular weight is 415 g/mol. The van der Waals surface area contributed by atoms with Gasteiger partial charge in [0.05, 0.1) is 13.1 Å². The highest BCUT2D eigenvalue weighted by molar-refractivity contribution is 5.95. The number of carbonyl (C=O) groups excluding carboxylic acids is 1. The molecule has 0 spiro atoms. The number of nitrogens with zero attached hydrogens (tertiary/aromatic N) is 7. The van der Waals surface area contributed by atoms with Crippen LogP contribution >= 0.6 is 0 Å². The Balaban J connectivity index is 1.39. The standard InChI is InChI=1S/C21H21N9O/c1-14-6-9-23-18(27-14)11-25-21(31)15-4-3-5-16(10-15)24-12-19-28-29-20(30(19)2)17-7-8-22-13-26-17/h3-10,13,24H,11-12H2,1-2H3,(H,25,31). The van der Waals surface area contributed by atoms with Gasteiger partial charge in [-0.3, -0.25) is 4.79 Å². The zero-order valence-corrected chi connectivity index (χ0v) is 17.1. The molecule has 2 N–H and O–H groups in total. The van der Waals surface area contributed by atoms with Gasteiger partial charge in [-0.2, -0.15) is 0 Å². The second-order valence-corrected chi connectivity index (χ2v) is 6.82. The Morgan fingerprint density at radius 2 is 1.97 bits per heavy atom. The molecule has 4 aromatic rings. The minimum Gasteiger partial charge on any atom is -0.378 e. The molecular weight excluding hydrogens is 394 g/mol. The van der Waals surface area contributed by atoms with Gasteiger partial charge in [0.25, 0.3) is 5.91 Å². The fraction of sp³-hybridized carbons (Fsp3) is 0.190. The number of aromatic nitrogens is 7. The second kappa shape index (κ2) is 9.08. The van der Waals surface area contributed by atoms with E-state index in [4.69, 9.17) is 0 Å². The molecule has 156 valence electrons. The first kappa shape index (κ1) is 20.1. The van der Waals surface area contributed by atoms with Gasteiger partial charge in [-0.05, 0) is 37.3 Å². The van der Waals surface area contributed by atoms with Crippen molar-refractivity contribution < 1.29 is 4.79 Å². The fourth-order valence-corrected chi connectivity index (χ4v) is 2.96. The predicted molar refractivity (Wildman–Crippen MR) is 114 cm³/mol. The third-order valence-electron chi connectivity index (χ3n) is 4.60. The largest absolute Gasteiger partial charge is 0.378 e. The molecule has 4 rings (SSSR count). The van der Waals surface area contributed by atoms with E-state index in [0.29, 0.717) is 29.5 Å². The van der Waals surface area contributed by atoms with Crippen molar-refractivity contribution in [2.75, 3.05) is 5.32 Å². The Bertz CT molecular complexity index is 1190. The zero-order valence-electron chi connectivity index (χ0n) is 17.1. The summed E-state index contributed by atoms with van der Waals surface area (Å²) in [5, 5.41) is 14.6. The Morgan fingerprint density at radius 3 is 2.77 bits per heavy atom. The molecule has 0 radical (unpaired) electrons. The number of anilines is 1. The van der Waals surface area contributed by atoms with E-state index >= 15 is 0 Å². The summed E-state index contributed by atoms with van der Waals surface area (Å²) in [5.41, 5.74) is 2.90. The lowest BCUT2D eigenvalue weighted by atomic mass is 10.2. The molecule has 0 fully saturated rings. The van der Waals surface area contributed by atoms with Crippen LogP contribution in [0, 0.1) is 6.92 Å². The van der Waals surface area contributed by atoms with Crippen molar-refractivity contribution in [3.05, 3.63) is 78.0 Å². The smallest absolute Gasteiger partial charge is 0.251 e. The van der Waals surface area contributed by atoms with Crippen LogP contribution in [0.15, 0.2) is 55.1 Å². The van der Waals surface area contributed by atoms with Crippen LogP contribution in [0.2, 0.25) is 0 Å². The summed E-state index contributed by atoms with van der Waals surface area (Å²) < 4.78 is 1.87. The Hall–Kier alpha value is -4.21. The molecule has 31 heavy (non-hydrogen) atoms. The number of amides is 1. The van der Waals surface area contributed by atoms with E-state index in [9.17, 15) is 4.79 Å². The predicted octanol–water partition coefficient (Wildman–Crippen LogP) is 1.91. The van der Waals surface area contributed by atoms with Crippen molar-refractivity contribution in [1.29, 1.82) is 0 Å². The summed E-state index contributed by atoms with van der Waals surface area (Å²) in [4.78, 5) is 29.1. The molecule has 0 saturated heterocycles. The summed E-state index contributed by atoms with van der Waals surface area (Å²) >= 11 is 0.